The number of hydrogen-bond donors (Lipinski definition) is 1. The molecule has 0 fully saturated rings. The summed E-state index contributed by atoms with van der Waals surface area (Å²) < 4.78 is 3.16. The van der Waals surface area contributed by atoms with E-state index in [1.165, 1.54) is 11.1 Å². The largest absolute Gasteiger partial charge is 0.319 e. The Bertz CT molecular complexity index is 552. The second-order valence-electron chi connectivity index (χ2n) is 4.93. The Morgan fingerprint density at radius 1 is 1.32 bits per heavy atom. The SMILES string of the molecule is CCCn1nccc1C(N)c1cc(C)c(Br)c(C)c1. The van der Waals surface area contributed by atoms with Gasteiger partial charge in [0.25, 0.3) is 0 Å². The summed E-state index contributed by atoms with van der Waals surface area (Å²) in [6.07, 6.45) is 2.88. The summed E-state index contributed by atoms with van der Waals surface area (Å²) in [4.78, 5) is 0. The predicted molar refractivity (Wildman–Crippen MR) is 82.2 cm³/mol. The summed E-state index contributed by atoms with van der Waals surface area (Å²) in [5, 5.41) is 4.34. The van der Waals surface area contributed by atoms with Gasteiger partial charge in [-0.2, -0.15) is 5.10 Å². The zero-order chi connectivity index (χ0) is 14.0. The van der Waals surface area contributed by atoms with Gasteiger partial charge in [-0.1, -0.05) is 35.0 Å². The number of nitrogens with two attached hydrogens (primary N) is 1. The summed E-state index contributed by atoms with van der Waals surface area (Å²) in [5.41, 5.74) is 11.0. The first-order valence-electron chi connectivity index (χ1n) is 6.58. The molecular formula is C15H20BrN3. The van der Waals surface area contributed by atoms with Gasteiger partial charge in [0.15, 0.2) is 0 Å². The van der Waals surface area contributed by atoms with Crippen molar-refractivity contribution in [2.45, 2.75) is 39.8 Å². The van der Waals surface area contributed by atoms with Gasteiger partial charge < -0.3 is 5.73 Å². The molecule has 1 aromatic carbocycles. The van der Waals surface area contributed by atoms with Crippen LogP contribution in [0.5, 0.6) is 0 Å². The van der Waals surface area contributed by atoms with Crippen LogP contribution in [-0.2, 0) is 6.54 Å². The Morgan fingerprint density at radius 2 is 1.95 bits per heavy atom. The van der Waals surface area contributed by atoms with E-state index >= 15 is 0 Å². The smallest absolute Gasteiger partial charge is 0.0723 e. The van der Waals surface area contributed by atoms with Crippen LogP contribution in [0.4, 0.5) is 0 Å². The molecule has 2 aromatic rings. The van der Waals surface area contributed by atoms with E-state index in [1.54, 1.807) is 0 Å². The van der Waals surface area contributed by atoms with Crippen molar-refractivity contribution in [2.75, 3.05) is 0 Å². The fraction of sp³-hybridized carbons (Fsp3) is 0.400. The van der Waals surface area contributed by atoms with Crippen molar-refractivity contribution in [3.05, 3.63) is 51.3 Å². The third kappa shape index (κ3) is 2.90. The van der Waals surface area contributed by atoms with E-state index in [4.69, 9.17) is 5.73 Å². The average molecular weight is 322 g/mol. The van der Waals surface area contributed by atoms with Crippen molar-refractivity contribution in [3.63, 3.8) is 0 Å². The van der Waals surface area contributed by atoms with Crippen LogP contribution in [0.1, 0.15) is 41.8 Å². The zero-order valence-electron chi connectivity index (χ0n) is 11.7. The maximum atomic E-state index is 6.40. The van der Waals surface area contributed by atoms with Crippen molar-refractivity contribution in [2.24, 2.45) is 5.73 Å². The minimum absolute atomic E-state index is 0.125. The lowest BCUT2D eigenvalue weighted by Gasteiger charge is -2.16. The number of nitrogens with zero attached hydrogens (tertiary/aromatic N) is 2. The van der Waals surface area contributed by atoms with Gasteiger partial charge in [0.1, 0.15) is 0 Å². The average Bonchev–Trinajstić information content (AvgIpc) is 2.83. The minimum Gasteiger partial charge on any atom is -0.319 e. The summed E-state index contributed by atoms with van der Waals surface area (Å²) in [5.74, 6) is 0. The molecule has 0 radical (unpaired) electrons. The highest BCUT2D eigenvalue weighted by Gasteiger charge is 2.15. The minimum atomic E-state index is -0.125. The molecule has 0 spiro atoms. The Kier molecular flexibility index (Phi) is 4.42. The molecule has 0 aliphatic rings. The molecule has 2 rings (SSSR count). The molecule has 2 N–H and O–H groups in total. The summed E-state index contributed by atoms with van der Waals surface area (Å²) in [6, 6.07) is 6.17. The lowest BCUT2D eigenvalue weighted by atomic mass is 10.00. The van der Waals surface area contributed by atoms with E-state index in [9.17, 15) is 0 Å². The molecule has 0 saturated carbocycles. The molecule has 0 amide bonds. The Balaban J connectivity index is 2.38. The maximum absolute atomic E-state index is 6.40. The van der Waals surface area contributed by atoms with Crippen LogP contribution in [0, 0.1) is 13.8 Å². The highest BCUT2D eigenvalue weighted by molar-refractivity contribution is 9.10. The number of aromatic nitrogens is 2. The molecule has 19 heavy (non-hydrogen) atoms. The van der Waals surface area contributed by atoms with Crippen LogP contribution in [0.25, 0.3) is 0 Å². The van der Waals surface area contributed by atoms with Crippen LogP contribution in [-0.4, -0.2) is 9.78 Å². The molecule has 0 aliphatic carbocycles. The summed E-state index contributed by atoms with van der Waals surface area (Å²) >= 11 is 3.59. The van der Waals surface area contributed by atoms with Crippen molar-refractivity contribution < 1.29 is 0 Å². The molecule has 1 unspecified atom stereocenters. The van der Waals surface area contributed by atoms with E-state index in [2.05, 4.69) is 53.9 Å². The van der Waals surface area contributed by atoms with Crippen molar-refractivity contribution in [3.8, 4) is 0 Å². The van der Waals surface area contributed by atoms with Gasteiger partial charge in [0.05, 0.1) is 11.7 Å². The van der Waals surface area contributed by atoms with Crippen LogP contribution < -0.4 is 5.73 Å². The van der Waals surface area contributed by atoms with Crippen LogP contribution in [0.3, 0.4) is 0 Å². The van der Waals surface area contributed by atoms with Gasteiger partial charge in [0.2, 0.25) is 0 Å². The Labute approximate surface area is 122 Å². The number of halogens is 1. The zero-order valence-corrected chi connectivity index (χ0v) is 13.2. The normalized spacial score (nSPS) is 12.7. The van der Waals surface area contributed by atoms with Crippen LogP contribution in [0.15, 0.2) is 28.9 Å². The molecule has 1 heterocycles. The molecular weight excluding hydrogens is 302 g/mol. The highest BCUT2D eigenvalue weighted by atomic mass is 79.9. The van der Waals surface area contributed by atoms with Crippen molar-refractivity contribution in [1.82, 2.24) is 9.78 Å². The van der Waals surface area contributed by atoms with E-state index in [-0.39, 0.29) is 6.04 Å². The van der Waals surface area contributed by atoms with Crippen LogP contribution in [0.2, 0.25) is 0 Å². The third-order valence-electron chi connectivity index (χ3n) is 3.32. The van der Waals surface area contributed by atoms with Gasteiger partial charge in [-0.25, -0.2) is 0 Å². The standard InChI is InChI=1S/C15H20BrN3/c1-4-7-19-13(5-6-18-19)15(17)12-8-10(2)14(16)11(3)9-12/h5-6,8-9,15H,4,7,17H2,1-3H3. The monoisotopic (exact) mass is 321 g/mol. The molecule has 1 atom stereocenters. The van der Waals surface area contributed by atoms with E-state index in [0.717, 1.165) is 28.7 Å². The highest BCUT2D eigenvalue weighted by Crippen LogP contribution is 2.27. The first-order chi connectivity index (χ1) is 9.04. The quantitative estimate of drug-likeness (QED) is 0.932. The molecule has 102 valence electrons. The van der Waals surface area contributed by atoms with Gasteiger partial charge in [-0.05, 0) is 43.0 Å². The first-order valence-corrected chi connectivity index (χ1v) is 7.37. The van der Waals surface area contributed by atoms with E-state index < -0.39 is 0 Å². The van der Waals surface area contributed by atoms with Gasteiger partial charge in [-0.15, -0.1) is 0 Å². The van der Waals surface area contributed by atoms with Gasteiger partial charge >= 0.3 is 0 Å². The number of hydrogen-bond acceptors (Lipinski definition) is 2. The van der Waals surface area contributed by atoms with Crippen LogP contribution >= 0.6 is 15.9 Å². The van der Waals surface area contributed by atoms with E-state index in [1.807, 2.05) is 16.9 Å². The fourth-order valence-electron chi connectivity index (χ4n) is 2.34. The lowest BCUT2D eigenvalue weighted by molar-refractivity contribution is 0.559. The predicted octanol–water partition coefficient (Wildman–Crippen LogP) is 3.72. The molecule has 0 aliphatic heterocycles. The third-order valence-corrected chi connectivity index (χ3v) is 4.57. The molecule has 3 nitrogen and oxygen atoms in total. The Hall–Kier alpha value is -1.13. The second-order valence-corrected chi connectivity index (χ2v) is 5.72. The molecule has 4 heteroatoms. The lowest BCUT2D eigenvalue weighted by Crippen LogP contribution is -2.18. The van der Waals surface area contributed by atoms with Crippen molar-refractivity contribution in [1.29, 1.82) is 0 Å². The fourth-order valence-corrected chi connectivity index (χ4v) is 2.56. The topological polar surface area (TPSA) is 43.8 Å². The van der Waals surface area contributed by atoms with E-state index in [0.29, 0.717) is 0 Å². The number of aryl methyl sites for hydroxylation is 3. The molecule has 1 aromatic heterocycles. The van der Waals surface area contributed by atoms with Gasteiger partial charge in [0, 0.05) is 17.2 Å². The second kappa shape index (κ2) is 5.88. The molecule has 0 bridgehead atoms. The first kappa shape index (κ1) is 14.3. The number of rotatable bonds is 4. The summed E-state index contributed by atoms with van der Waals surface area (Å²) in [6.45, 7) is 7.24. The van der Waals surface area contributed by atoms with Gasteiger partial charge in [-0.3, -0.25) is 4.68 Å². The van der Waals surface area contributed by atoms with Crippen molar-refractivity contribution >= 4 is 15.9 Å². The maximum Gasteiger partial charge on any atom is 0.0723 e. The molecule has 0 saturated heterocycles. The summed E-state index contributed by atoms with van der Waals surface area (Å²) in [7, 11) is 0. The Morgan fingerprint density at radius 3 is 2.53 bits per heavy atom. The number of benzene rings is 1.